The molecular formula is C8H6F3NO4. The molecule has 1 N–H and O–H groups in total. The highest BCUT2D eigenvalue weighted by atomic mass is 19.4. The third kappa shape index (κ3) is 2.15. The first-order valence-corrected chi connectivity index (χ1v) is 3.90. The second kappa shape index (κ2) is 3.87. The van der Waals surface area contributed by atoms with Crippen molar-refractivity contribution in [2.45, 2.75) is 6.18 Å². The number of phenols is 1. The van der Waals surface area contributed by atoms with Gasteiger partial charge in [-0.1, -0.05) is 0 Å². The Labute approximate surface area is 87.2 Å². The highest BCUT2D eigenvalue weighted by Crippen LogP contribution is 2.42. The lowest BCUT2D eigenvalue weighted by molar-refractivity contribution is -0.386. The molecule has 0 aliphatic heterocycles. The molecule has 1 aromatic rings. The zero-order valence-electron chi connectivity index (χ0n) is 7.91. The molecule has 88 valence electrons. The molecule has 0 aromatic heterocycles. The van der Waals surface area contributed by atoms with Crippen molar-refractivity contribution < 1.29 is 27.9 Å². The lowest BCUT2D eigenvalue weighted by Gasteiger charge is -2.11. The van der Waals surface area contributed by atoms with E-state index in [4.69, 9.17) is 5.11 Å². The molecule has 16 heavy (non-hydrogen) atoms. The normalized spacial score (nSPS) is 11.2. The summed E-state index contributed by atoms with van der Waals surface area (Å²) in [6, 6.07) is 0.787. The maximum Gasteiger partial charge on any atom is 0.420 e. The Morgan fingerprint density at radius 2 is 2.00 bits per heavy atom. The minimum atomic E-state index is -4.79. The summed E-state index contributed by atoms with van der Waals surface area (Å²) in [6.45, 7) is 0. The van der Waals surface area contributed by atoms with Crippen molar-refractivity contribution in [1.82, 2.24) is 0 Å². The number of ether oxygens (including phenoxy) is 1. The standard InChI is InChI=1S/C8H6F3NO4/c1-16-7-3-6(13)5(12(14)15)2-4(7)8(9,10)11/h2-3,13H,1H3. The number of hydrogen-bond acceptors (Lipinski definition) is 4. The molecule has 1 aromatic carbocycles. The molecule has 0 unspecified atom stereocenters. The van der Waals surface area contributed by atoms with E-state index < -0.39 is 33.8 Å². The van der Waals surface area contributed by atoms with Crippen LogP contribution in [0.4, 0.5) is 18.9 Å². The quantitative estimate of drug-likeness (QED) is 0.632. The number of halogens is 3. The third-order valence-corrected chi connectivity index (χ3v) is 1.80. The van der Waals surface area contributed by atoms with Crippen LogP contribution in [-0.2, 0) is 6.18 Å². The first kappa shape index (κ1) is 12.1. The van der Waals surface area contributed by atoms with Gasteiger partial charge in [0.15, 0.2) is 5.75 Å². The van der Waals surface area contributed by atoms with Crippen molar-refractivity contribution in [3.63, 3.8) is 0 Å². The highest BCUT2D eigenvalue weighted by Gasteiger charge is 2.37. The molecule has 1 rings (SSSR count). The zero-order valence-corrected chi connectivity index (χ0v) is 7.91. The molecule has 0 bridgehead atoms. The van der Waals surface area contributed by atoms with Crippen LogP contribution in [0.5, 0.6) is 11.5 Å². The molecule has 0 radical (unpaired) electrons. The summed E-state index contributed by atoms with van der Waals surface area (Å²) >= 11 is 0. The minimum absolute atomic E-state index is 0.230. The fraction of sp³-hybridized carbons (Fsp3) is 0.250. The van der Waals surface area contributed by atoms with Crippen molar-refractivity contribution in [2.75, 3.05) is 7.11 Å². The van der Waals surface area contributed by atoms with Crippen molar-refractivity contribution in [3.8, 4) is 11.5 Å². The lowest BCUT2D eigenvalue weighted by Crippen LogP contribution is -2.08. The number of nitro groups is 1. The number of rotatable bonds is 2. The van der Waals surface area contributed by atoms with Gasteiger partial charge >= 0.3 is 11.9 Å². The Morgan fingerprint density at radius 3 is 2.38 bits per heavy atom. The molecule has 0 saturated carbocycles. The van der Waals surface area contributed by atoms with Gasteiger partial charge in [0.05, 0.1) is 12.0 Å². The molecule has 0 atom stereocenters. The van der Waals surface area contributed by atoms with Crippen LogP contribution in [0.25, 0.3) is 0 Å². The molecule has 0 saturated heterocycles. The predicted molar refractivity (Wildman–Crippen MR) is 46.3 cm³/mol. The maximum absolute atomic E-state index is 12.4. The fourth-order valence-electron chi connectivity index (χ4n) is 1.09. The maximum atomic E-state index is 12.4. The van der Waals surface area contributed by atoms with Crippen LogP contribution in [0.3, 0.4) is 0 Å². The van der Waals surface area contributed by atoms with Crippen molar-refractivity contribution >= 4 is 5.69 Å². The topological polar surface area (TPSA) is 72.6 Å². The predicted octanol–water partition coefficient (Wildman–Crippen LogP) is 2.33. The van der Waals surface area contributed by atoms with E-state index in [0.717, 1.165) is 7.11 Å². The molecule has 0 aliphatic rings. The second-order valence-electron chi connectivity index (χ2n) is 2.80. The highest BCUT2D eigenvalue weighted by molar-refractivity contribution is 5.55. The van der Waals surface area contributed by atoms with E-state index >= 15 is 0 Å². The van der Waals surface area contributed by atoms with Crippen LogP contribution in [0.1, 0.15) is 5.56 Å². The van der Waals surface area contributed by atoms with E-state index in [9.17, 15) is 23.3 Å². The van der Waals surface area contributed by atoms with Crippen molar-refractivity contribution in [1.29, 1.82) is 0 Å². The number of methoxy groups -OCH3 is 1. The Bertz CT molecular complexity index is 430. The summed E-state index contributed by atoms with van der Waals surface area (Å²) in [7, 11) is 0.968. The van der Waals surface area contributed by atoms with Crippen LogP contribution in [-0.4, -0.2) is 17.1 Å². The van der Waals surface area contributed by atoms with Crippen LogP contribution in [0.2, 0.25) is 0 Å². The van der Waals surface area contributed by atoms with Gasteiger partial charge in [0, 0.05) is 12.1 Å². The van der Waals surface area contributed by atoms with Gasteiger partial charge in [0.25, 0.3) is 0 Å². The fourth-order valence-corrected chi connectivity index (χ4v) is 1.09. The minimum Gasteiger partial charge on any atom is -0.502 e. The number of alkyl halides is 3. The van der Waals surface area contributed by atoms with E-state index in [1.807, 2.05) is 0 Å². The first-order chi connectivity index (χ1) is 7.27. The summed E-state index contributed by atoms with van der Waals surface area (Å²) in [5.41, 5.74) is -2.33. The Hall–Kier alpha value is -1.99. The average Bonchev–Trinajstić information content (AvgIpc) is 2.14. The number of nitrogens with zero attached hydrogens (tertiary/aromatic N) is 1. The number of nitro benzene ring substituents is 1. The number of hydrogen-bond donors (Lipinski definition) is 1. The summed E-state index contributed by atoms with van der Waals surface area (Å²) in [4.78, 5) is 9.23. The first-order valence-electron chi connectivity index (χ1n) is 3.90. The molecule has 0 spiro atoms. The zero-order chi connectivity index (χ0) is 12.5. The van der Waals surface area contributed by atoms with Gasteiger partial charge in [-0.2, -0.15) is 13.2 Å². The van der Waals surface area contributed by atoms with Crippen molar-refractivity contribution in [3.05, 3.63) is 27.8 Å². The summed E-state index contributed by atoms with van der Waals surface area (Å²) in [5, 5.41) is 19.4. The van der Waals surface area contributed by atoms with E-state index in [1.165, 1.54) is 0 Å². The van der Waals surface area contributed by atoms with Gasteiger partial charge in [-0.15, -0.1) is 0 Å². The summed E-state index contributed by atoms with van der Waals surface area (Å²) in [6.07, 6.45) is -4.79. The molecule has 0 heterocycles. The SMILES string of the molecule is COc1cc(O)c([N+](=O)[O-])cc1C(F)(F)F. The van der Waals surface area contributed by atoms with Crippen LogP contribution >= 0.6 is 0 Å². The number of aromatic hydroxyl groups is 1. The molecule has 0 aliphatic carbocycles. The van der Waals surface area contributed by atoms with Gasteiger partial charge in [-0.05, 0) is 0 Å². The van der Waals surface area contributed by atoms with Gasteiger partial charge < -0.3 is 9.84 Å². The van der Waals surface area contributed by atoms with Crippen LogP contribution < -0.4 is 4.74 Å². The van der Waals surface area contributed by atoms with Crippen LogP contribution in [0, 0.1) is 10.1 Å². The molecule has 0 fully saturated rings. The lowest BCUT2D eigenvalue weighted by atomic mass is 10.1. The van der Waals surface area contributed by atoms with E-state index in [1.54, 1.807) is 0 Å². The monoisotopic (exact) mass is 237 g/mol. The van der Waals surface area contributed by atoms with E-state index in [2.05, 4.69) is 4.74 Å². The average molecular weight is 237 g/mol. The van der Waals surface area contributed by atoms with E-state index in [-0.39, 0.29) is 6.07 Å². The largest absolute Gasteiger partial charge is 0.502 e. The van der Waals surface area contributed by atoms with Crippen LogP contribution in [0.15, 0.2) is 12.1 Å². The smallest absolute Gasteiger partial charge is 0.420 e. The Kier molecular flexibility index (Phi) is 2.92. The van der Waals surface area contributed by atoms with Gasteiger partial charge in [0.1, 0.15) is 11.3 Å². The Balaban J connectivity index is 3.47. The summed E-state index contributed by atoms with van der Waals surface area (Å²) < 4.78 is 41.7. The molecule has 5 nitrogen and oxygen atoms in total. The number of phenolic OH excluding ortho intramolecular Hbond substituents is 1. The third-order valence-electron chi connectivity index (χ3n) is 1.80. The Morgan fingerprint density at radius 1 is 1.44 bits per heavy atom. The second-order valence-corrected chi connectivity index (χ2v) is 2.80. The van der Waals surface area contributed by atoms with E-state index in [0.29, 0.717) is 6.07 Å². The van der Waals surface area contributed by atoms with Gasteiger partial charge in [0.2, 0.25) is 0 Å². The van der Waals surface area contributed by atoms with Gasteiger partial charge in [-0.25, -0.2) is 0 Å². The molecule has 0 amide bonds. The molecular weight excluding hydrogens is 231 g/mol. The van der Waals surface area contributed by atoms with Gasteiger partial charge in [-0.3, -0.25) is 10.1 Å². The summed E-state index contributed by atoms with van der Waals surface area (Å²) in [5.74, 6) is -1.55. The molecule has 8 heteroatoms. The number of benzene rings is 1. The van der Waals surface area contributed by atoms with Crippen molar-refractivity contribution in [2.24, 2.45) is 0 Å².